The van der Waals surface area contributed by atoms with E-state index in [1.807, 2.05) is 24.3 Å². The maximum Gasteiger partial charge on any atom is 0.194 e. The first-order chi connectivity index (χ1) is 10.4. The SMILES string of the molecule is COCc1ccccc1-c1nc2c(Cl)c(C(C)(C)C)[nH]n2n1. The van der Waals surface area contributed by atoms with Crippen molar-refractivity contribution in [2.75, 3.05) is 7.11 Å². The molecule has 0 spiro atoms. The summed E-state index contributed by atoms with van der Waals surface area (Å²) in [7, 11) is 1.67. The highest BCUT2D eigenvalue weighted by Crippen LogP contribution is 2.32. The summed E-state index contributed by atoms with van der Waals surface area (Å²) in [5, 5.41) is 8.38. The van der Waals surface area contributed by atoms with Crippen molar-refractivity contribution in [2.45, 2.75) is 32.8 Å². The molecule has 0 amide bonds. The summed E-state index contributed by atoms with van der Waals surface area (Å²) in [6.45, 7) is 6.81. The van der Waals surface area contributed by atoms with Crippen LogP contribution in [-0.2, 0) is 16.8 Å². The van der Waals surface area contributed by atoms with Crippen LogP contribution in [0.3, 0.4) is 0 Å². The average Bonchev–Trinajstić information content (AvgIpc) is 2.99. The third-order valence-corrected chi connectivity index (χ3v) is 3.91. The summed E-state index contributed by atoms with van der Waals surface area (Å²) in [5.41, 5.74) is 3.49. The van der Waals surface area contributed by atoms with E-state index in [0.717, 1.165) is 16.8 Å². The van der Waals surface area contributed by atoms with Crippen LogP contribution in [0, 0.1) is 0 Å². The number of hydrogen-bond acceptors (Lipinski definition) is 3. The van der Waals surface area contributed by atoms with Gasteiger partial charge >= 0.3 is 0 Å². The molecule has 0 radical (unpaired) electrons. The van der Waals surface area contributed by atoms with Gasteiger partial charge < -0.3 is 4.74 Å². The highest BCUT2D eigenvalue weighted by molar-refractivity contribution is 6.34. The van der Waals surface area contributed by atoms with Crippen LogP contribution in [0.5, 0.6) is 0 Å². The molecule has 2 heterocycles. The second-order valence-electron chi connectivity index (χ2n) is 6.31. The van der Waals surface area contributed by atoms with Gasteiger partial charge in [-0.1, -0.05) is 56.6 Å². The number of hydrogen-bond donors (Lipinski definition) is 1. The molecule has 116 valence electrons. The van der Waals surface area contributed by atoms with Gasteiger partial charge in [0.2, 0.25) is 0 Å². The highest BCUT2D eigenvalue weighted by atomic mass is 35.5. The number of aromatic nitrogens is 4. The zero-order valence-corrected chi connectivity index (χ0v) is 13.9. The van der Waals surface area contributed by atoms with Gasteiger partial charge in [-0.25, -0.2) is 4.98 Å². The molecular formula is C16H19ClN4O. The lowest BCUT2D eigenvalue weighted by Gasteiger charge is -2.16. The van der Waals surface area contributed by atoms with Gasteiger partial charge in [0, 0.05) is 18.1 Å². The van der Waals surface area contributed by atoms with Crippen molar-refractivity contribution in [3.8, 4) is 11.4 Å². The first-order valence-electron chi connectivity index (χ1n) is 7.13. The fraction of sp³-hybridized carbons (Fsp3) is 0.375. The van der Waals surface area contributed by atoms with Gasteiger partial charge in [0.15, 0.2) is 11.5 Å². The minimum Gasteiger partial charge on any atom is -0.380 e. The third-order valence-electron chi connectivity index (χ3n) is 3.55. The molecule has 0 atom stereocenters. The lowest BCUT2D eigenvalue weighted by molar-refractivity contribution is 0.185. The lowest BCUT2D eigenvalue weighted by atomic mass is 9.92. The van der Waals surface area contributed by atoms with Crippen molar-refractivity contribution in [3.05, 3.63) is 40.5 Å². The molecule has 1 N–H and O–H groups in total. The van der Waals surface area contributed by atoms with Crippen LogP contribution < -0.4 is 0 Å². The summed E-state index contributed by atoms with van der Waals surface area (Å²) in [4.78, 5) is 4.59. The molecule has 0 aliphatic rings. The Morgan fingerprint density at radius 3 is 2.64 bits per heavy atom. The van der Waals surface area contributed by atoms with Crippen LogP contribution >= 0.6 is 11.6 Å². The van der Waals surface area contributed by atoms with E-state index in [4.69, 9.17) is 16.3 Å². The maximum atomic E-state index is 6.46. The Bertz CT molecular complexity index is 813. The fourth-order valence-corrected chi connectivity index (χ4v) is 2.88. The number of halogens is 1. The lowest BCUT2D eigenvalue weighted by Crippen LogP contribution is -2.13. The molecular weight excluding hydrogens is 300 g/mol. The zero-order valence-electron chi connectivity index (χ0n) is 13.1. The number of aromatic amines is 1. The minimum absolute atomic E-state index is 0.0897. The van der Waals surface area contributed by atoms with E-state index < -0.39 is 0 Å². The Balaban J connectivity index is 2.11. The van der Waals surface area contributed by atoms with Crippen LogP contribution in [0.25, 0.3) is 17.0 Å². The normalized spacial score (nSPS) is 12.2. The van der Waals surface area contributed by atoms with Gasteiger partial charge in [-0.3, -0.25) is 5.10 Å². The maximum absolute atomic E-state index is 6.46. The number of nitrogens with zero attached hydrogens (tertiary/aromatic N) is 3. The standard InChI is InChI=1S/C16H19ClN4O/c1-16(2,3)13-12(17)15-18-14(20-21(15)19-13)11-8-6-5-7-10(11)9-22-4/h5-8,19H,9H2,1-4H3. The van der Waals surface area contributed by atoms with Crippen molar-refractivity contribution < 1.29 is 4.74 Å². The Hall–Kier alpha value is -1.85. The van der Waals surface area contributed by atoms with Crippen LogP contribution in [0.15, 0.2) is 24.3 Å². The Kier molecular flexibility index (Phi) is 3.70. The summed E-state index contributed by atoms with van der Waals surface area (Å²) >= 11 is 6.46. The zero-order chi connectivity index (χ0) is 15.9. The Labute approximate surface area is 134 Å². The molecule has 22 heavy (non-hydrogen) atoms. The Morgan fingerprint density at radius 2 is 2.00 bits per heavy atom. The van der Waals surface area contributed by atoms with E-state index in [2.05, 4.69) is 36.0 Å². The van der Waals surface area contributed by atoms with E-state index in [1.54, 1.807) is 11.7 Å². The van der Waals surface area contributed by atoms with Gasteiger partial charge in [-0.15, -0.1) is 5.10 Å². The first kappa shape index (κ1) is 15.1. The summed E-state index contributed by atoms with van der Waals surface area (Å²) < 4.78 is 6.88. The van der Waals surface area contributed by atoms with Crippen molar-refractivity contribution in [1.29, 1.82) is 0 Å². The largest absolute Gasteiger partial charge is 0.380 e. The van der Waals surface area contributed by atoms with Gasteiger partial charge in [0.25, 0.3) is 0 Å². The van der Waals surface area contributed by atoms with Gasteiger partial charge in [-0.2, -0.15) is 4.63 Å². The molecule has 0 unspecified atom stereocenters. The van der Waals surface area contributed by atoms with E-state index >= 15 is 0 Å². The molecule has 2 aromatic heterocycles. The van der Waals surface area contributed by atoms with Crippen molar-refractivity contribution in [2.24, 2.45) is 0 Å². The second-order valence-corrected chi connectivity index (χ2v) is 6.69. The summed E-state index contributed by atoms with van der Waals surface area (Å²) in [6.07, 6.45) is 0. The molecule has 0 saturated heterocycles. The first-order valence-corrected chi connectivity index (χ1v) is 7.51. The highest BCUT2D eigenvalue weighted by Gasteiger charge is 2.24. The molecule has 0 bridgehead atoms. The van der Waals surface area contributed by atoms with Crippen molar-refractivity contribution in [1.82, 2.24) is 19.8 Å². The molecule has 5 nitrogen and oxygen atoms in total. The number of nitrogens with one attached hydrogen (secondary N) is 1. The number of H-pyrrole nitrogens is 1. The van der Waals surface area contributed by atoms with E-state index in [9.17, 15) is 0 Å². The third kappa shape index (κ3) is 2.51. The fourth-order valence-electron chi connectivity index (χ4n) is 2.43. The number of rotatable bonds is 3. The van der Waals surface area contributed by atoms with Crippen LogP contribution in [-0.4, -0.2) is 26.9 Å². The van der Waals surface area contributed by atoms with Gasteiger partial charge in [0.05, 0.1) is 12.3 Å². The quantitative estimate of drug-likeness (QED) is 0.798. The topological polar surface area (TPSA) is 55.2 Å². The number of benzene rings is 1. The Morgan fingerprint density at radius 1 is 1.27 bits per heavy atom. The van der Waals surface area contributed by atoms with Gasteiger partial charge in [0.1, 0.15) is 5.02 Å². The van der Waals surface area contributed by atoms with E-state index in [0.29, 0.717) is 23.1 Å². The predicted molar refractivity (Wildman–Crippen MR) is 87.2 cm³/mol. The van der Waals surface area contributed by atoms with E-state index in [-0.39, 0.29) is 5.41 Å². The van der Waals surface area contributed by atoms with Crippen LogP contribution in [0.2, 0.25) is 5.02 Å². The molecule has 0 fully saturated rings. The second kappa shape index (κ2) is 5.41. The van der Waals surface area contributed by atoms with Crippen LogP contribution in [0.4, 0.5) is 0 Å². The van der Waals surface area contributed by atoms with Gasteiger partial charge in [-0.05, 0) is 5.56 Å². The summed E-state index contributed by atoms with van der Waals surface area (Å²) in [5.74, 6) is 0.640. The average molecular weight is 319 g/mol. The monoisotopic (exact) mass is 318 g/mol. The molecule has 0 aliphatic carbocycles. The smallest absolute Gasteiger partial charge is 0.194 e. The van der Waals surface area contributed by atoms with Crippen LogP contribution in [0.1, 0.15) is 32.0 Å². The number of fused-ring (bicyclic) bond motifs is 1. The molecule has 6 heteroatoms. The van der Waals surface area contributed by atoms with E-state index in [1.165, 1.54) is 0 Å². The molecule has 3 aromatic rings. The molecule has 0 saturated carbocycles. The molecule has 0 aliphatic heterocycles. The summed E-state index contributed by atoms with van der Waals surface area (Å²) in [6, 6.07) is 7.94. The molecule has 3 rings (SSSR count). The van der Waals surface area contributed by atoms with Crippen molar-refractivity contribution >= 4 is 17.2 Å². The number of methoxy groups -OCH3 is 1. The minimum atomic E-state index is -0.0897. The number of ether oxygens (including phenoxy) is 1. The molecule has 1 aromatic carbocycles. The predicted octanol–water partition coefficient (Wildman–Crippen LogP) is 3.82. The van der Waals surface area contributed by atoms with Crippen molar-refractivity contribution in [3.63, 3.8) is 0 Å².